The summed E-state index contributed by atoms with van der Waals surface area (Å²) >= 11 is 0. The van der Waals surface area contributed by atoms with Gasteiger partial charge in [0.15, 0.2) is 0 Å². The number of aliphatic hydroxyl groups excluding tert-OH is 1. The molecule has 0 radical (unpaired) electrons. The average molecular weight is 209 g/mol. The second-order valence-corrected chi connectivity index (χ2v) is 4.49. The second-order valence-electron chi connectivity index (χ2n) is 4.49. The molecule has 0 aliphatic heterocycles. The predicted octanol–water partition coefficient (Wildman–Crippen LogP) is 2.07. The smallest absolute Gasteiger partial charge is 0.0693 e. The highest BCUT2D eigenvalue weighted by Gasteiger charge is 2.22. The van der Waals surface area contributed by atoms with Crippen molar-refractivity contribution in [1.29, 1.82) is 0 Å². The molecule has 2 N–H and O–H groups in total. The highest BCUT2D eigenvalue weighted by atomic mass is 16.3. The summed E-state index contributed by atoms with van der Waals surface area (Å²) in [6, 6.07) is 0.341. The van der Waals surface area contributed by atoms with Crippen molar-refractivity contribution in [3.63, 3.8) is 0 Å². The minimum absolute atomic E-state index is 0.132. The molecule has 0 heterocycles. The number of nitrogens with one attached hydrogen (secondary N) is 1. The Hall–Kier alpha value is -0.520. The first-order chi connectivity index (χ1) is 7.27. The maximum Gasteiger partial charge on any atom is 0.0693 e. The molecule has 0 spiro atoms. The Labute approximate surface area is 93.5 Å². The van der Waals surface area contributed by atoms with Crippen LogP contribution >= 0.6 is 0 Å². The second kappa shape index (κ2) is 6.87. The fourth-order valence-corrected chi connectivity index (χ4v) is 2.24. The van der Waals surface area contributed by atoms with Crippen molar-refractivity contribution in [2.45, 2.75) is 70.1 Å². The molecule has 86 valence electrons. The first kappa shape index (κ1) is 12.5. The maximum atomic E-state index is 9.93. The molecule has 0 bridgehead atoms. The van der Waals surface area contributed by atoms with Crippen LogP contribution < -0.4 is 5.32 Å². The van der Waals surface area contributed by atoms with Crippen molar-refractivity contribution in [3.05, 3.63) is 0 Å². The minimum atomic E-state index is -0.208. The molecular weight excluding hydrogens is 186 g/mol. The maximum absolute atomic E-state index is 9.93. The van der Waals surface area contributed by atoms with Gasteiger partial charge in [-0.05, 0) is 19.3 Å². The standard InChI is InChI=1S/C13H23NO/c1-3-8-11(4-2)14-12-9-6-5-7-10-13(12)15/h2,11-15H,3,5-10H2,1H3. The molecule has 0 aromatic rings. The molecule has 15 heavy (non-hydrogen) atoms. The van der Waals surface area contributed by atoms with Crippen LogP contribution in [0.3, 0.4) is 0 Å². The molecule has 0 saturated heterocycles. The van der Waals surface area contributed by atoms with Crippen LogP contribution in [0.2, 0.25) is 0 Å². The summed E-state index contributed by atoms with van der Waals surface area (Å²) in [7, 11) is 0. The Morgan fingerprint density at radius 2 is 2.13 bits per heavy atom. The topological polar surface area (TPSA) is 32.3 Å². The monoisotopic (exact) mass is 209 g/mol. The van der Waals surface area contributed by atoms with E-state index in [1.807, 2.05) is 0 Å². The predicted molar refractivity (Wildman–Crippen MR) is 63.5 cm³/mol. The molecule has 0 amide bonds. The zero-order valence-corrected chi connectivity index (χ0v) is 9.71. The first-order valence-electron chi connectivity index (χ1n) is 6.18. The average Bonchev–Trinajstić information content (AvgIpc) is 2.43. The van der Waals surface area contributed by atoms with Crippen molar-refractivity contribution in [1.82, 2.24) is 5.32 Å². The first-order valence-corrected chi connectivity index (χ1v) is 6.18. The van der Waals surface area contributed by atoms with Gasteiger partial charge in [0.25, 0.3) is 0 Å². The van der Waals surface area contributed by atoms with E-state index in [9.17, 15) is 5.11 Å². The summed E-state index contributed by atoms with van der Waals surface area (Å²) in [6.07, 6.45) is 12.9. The molecule has 2 nitrogen and oxygen atoms in total. The van der Waals surface area contributed by atoms with Crippen molar-refractivity contribution < 1.29 is 5.11 Å². The van der Waals surface area contributed by atoms with E-state index in [1.54, 1.807) is 0 Å². The van der Waals surface area contributed by atoms with Gasteiger partial charge in [-0.15, -0.1) is 6.42 Å². The van der Waals surface area contributed by atoms with Gasteiger partial charge in [-0.3, -0.25) is 5.32 Å². The van der Waals surface area contributed by atoms with Crippen molar-refractivity contribution >= 4 is 0 Å². The van der Waals surface area contributed by atoms with E-state index in [2.05, 4.69) is 18.2 Å². The largest absolute Gasteiger partial charge is 0.392 e. The van der Waals surface area contributed by atoms with Crippen LogP contribution in [0.25, 0.3) is 0 Å². The summed E-state index contributed by atoms with van der Waals surface area (Å²) in [4.78, 5) is 0. The Morgan fingerprint density at radius 3 is 2.80 bits per heavy atom. The van der Waals surface area contributed by atoms with E-state index < -0.39 is 0 Å². The molecule has 1 fully saturated rings. The number of terminal acetylenes is 1. The lowest BCUT2D eigenvalue weighted by Gasteiger charge is -2.25. The zero-order valence-electron chi connectivity index (χ0n) is 9.71. The van der Waals surface area contributed by atoms with Crippen molar-refractivity contribution in [3.8, 4) is 12.3 Å². The molecule has 1 rings (SSSR count). The molecule has 3 unspecified atom stereocenters. The fraction of sp³-hybridized carbons (Fsp3) is 0.846. The van der Waals surface area contributed by atoms with Crippen LogP contribution in [0, 0.1) is 12.3 Å². The summed E-state index contributed by atoms with van der Waals surface area (Å²) in [5.74, 6) is 2.77. The number of rotatable bonds is 4. The summed E-state index contributed by atoms with van der Waals surface area (Å²) in [5, 5.41) is 13.3. The normalized spacial score (nSPS) is 29.1. The van der Waals surface area contributed by atoms with E-state index in [-0.39, 0.29) is 18.2 Å². The van der Waals surface area contributed by atoms with Gasteiger partial charge in [0.05, 0.1) is 12.1 Å². The van der Waals surface area contributed by atoms with Crippen molar-refractivity contribution in [2.75, 3.05) is 0 Å². The van der Waals surface area contributed by atoms with Gasteiger partial charge in [-0.2, -0.15) is 0 Å². The van der Waals surface area contributed by atoms with Gasteiger partial charge in [0, 0.05) is 6.04 Å². The lowest BCUT2D eigenvalue weighted by molar-refractivity contribution is 0.116. The SMILES string of the molecule is C#CC(CCC)NC1CCCCCC1O. The minimum Gasteiger partial charge on any atom is -0.392 e. The van der Waals surface area contributed by atoms with Crippen LogP contribution in [-0.4, -0.2) is 23.3 Å². The molecule has 0 aromatic heterocycles. The van der Waals surface area contributed by atoms with Gasteiger partial charge in [0.2, 0.25) is 0 Å². The third-order valence-corrected chi connectivity index (χ3v) is 3.17. The Bertz CT molecular complexity index is 209. The van der Waals surface area contributed by atoms with Gasteiger partial charge in [-0.1, -0.05) is 38.5 Å². The quantitative estimate of drug-likeness (QED) is 0.549. The Balaban J connectivity index is 2.42. The van der Waals surface area contributed by atoms with Crippen molar-refractivity contribution in [2.24, 2.45) is 0 Å². The highest BCUT2D eigenvalue weighted by Crippen LogP contribution is 2.18. The lowest BCUT2D eigenvalue weighted by atomic mass is 10.0. The summed E-state index contributed by atoms with van der Waals surface area (Å²) in [6.45, 7) is 2.13. The highest BCUT2D eigenvalue weighted by molar-refractivity contribution is 5.00. The summed E-state index contributed by atoms with van der Waals surface area (Å²) in [5.41, 5.74) is 0. The van der Waals surface area contributed by atoms with Gasteiger partial charge < -0.3 is 5.11 Å². The molecule has 1 saturated carbocycles. The number of aliphatic hydroxyl groups is 1. The van der Waals surface area contributed by atoms with E-state index >= 15 is 0 Å². The molecule has 0 aromatic carbocycles. The van der Waals surface area contributed by atoms with Crippen LogP contribution in [0.5, 0.6) is 0 Å². The summed E-state index contributed by atoms with van der Waals surface area (Å²) < 4.78 is 0. The molecule has 2 heteroatoms. The third-order valence-electron chi connectivity index (χ3n) is 3.17. The van der Waals surface area contributed by atoms with E-state index in [0.717, 1.165) is 32.1 Å². The Morgan fingerprint density at radius 1 is 1.40 bits per heavy atom. The van der Waals surface area contributed by atoms with Gasteiger partial charge in [-0.25, -0.2) is 0 Å². The molecule has 1 aliphatic rings. The van der Waals surface area contributed by atoms with E-state index in [0.29, 0.717) is 0 Å². The lowest BCUT2D eigenvalue weighted by Crippen LogP contribution is -2.44. The van der Waals surface area contributed by atoms with Gasteiger partial charge in [0.1, 0.15) is 0 Å². The van der Waals surface area contributed by atoms with E-state index in [4.69, 9.17) is 6.42 Å². The van der Waals surface area contributed by atoms with E-state index in [1.165, 1.54) is 12.8 Å². The number of hydrogen-bond donors (Lipinski definition) is 2. The third kappa shape index (κ3) is 4.24. The molecular formula is C13H23NO. The molecule has 3 atom stereocenters. The van der Waals surface area contributed by atoms with Crippen LogP contribution in [-0.2, 0) is 0 Å². The number of hydrogen-bond acceptors (Lipinski definition) is 2. The van der Waals surface area contributed by atoms with Crippen LogP contribution in [0.4, 0.5) is 0 Å². The van der Waals surface area contributed by atoms with Crippen LogP contribution in [0.1, 0.15) is 51.9 Å². The zero-order chi connectivity index (χ0) is 11.1. The van der Waals surface area contributed by atoms with Gasteiger partial charge >= 0.3 is 0 Å². The molecule has 1 aliphatic carbocycles. The Kier molecular flexibility index (Phi) is 5.75. The fourth-order valence-electron chi connectivity index (χ4n) is 2.24. The van der Waals surface area contributed by atoms with Crippen LogP contribution in [0.15, 0.2) is 0 Å².